The van der Waals surface area contributed by atoms with E-state index in [-0.39, 0.29) is 10.8 Å². The first kappa shape index (κ1) is 19.2. The zero-order valence-corrected chi connectivity index (χ0v) is 14.9. The molecule has 3 rings (SSSR count). The predicted octanol–water partition coefficient (Wildman–Crippen LogP) is 7.12. The lowest BCUT2D eigenvalue weighted by Crippen LogP contribution is -2.06. The van der Waals surface area contributed by atoms with Crippen molar-refractivity contribution in [2.45, 2.75) is 39.2 Å². The molecule has 0 fully saturated rings. The number of unbranched alkanes of at least 4 members (excludes halogenated alkanes) is 2. The lowest BCUT2D eigenvalue weighted by atomic mass is 9.98. The molecule has 3 aromatic carbocycles. The van der Waals surface area contributed by atoms with E-state index in [2.05, 4.69) is 23.8 Å². The molecule has 142 valence electrons. The standard InChI is InChI=1S/C22H20F4O/c1-2-3-4-5-14-6-8-15(9-7-14)16-10-11-18-17(12-16)13-19(23)21(20(18)24)27-22(25)26/h6-13,22H,2-5H2,1H3. The summed E-state index contributed by atoms with van der Waals surface area (Å²) in [6, 6.07) is 13.8. The molecule has 0 aliphatic heterocycles. The fourth-order valence-electron chi connectivity index (χ4n) is 3.13. The number of hydrogen-bond donors (Lipinski definition) is 0. The van der Waals surface area contributed by atoms with Gasteiger partial charge in [0.1, 0.15) is 0 Å². The average molecular weight is 376 g/mol. The molecular formula is C22H20F4O. The van der Waals surface area contributed by atoms with Gasteiger partial charge >= 0.3 is 6.61 Å². The van der Waals surface area contributed by atoms with Crippen molar-refractivity contribution in [3.63, 3.8) is 0 Å². The first-order chi connectivity index (χ1) is 13.0. The molecule has 0 aromatic heterocycles. The van der Waals surface area contributed by atoms with Crippen molar-refractivity contribution in [2.24, 2.45) is 0 Å². The Kier molecular flexibility index (Phi) is 5.99. The largest absolute Gasteiger partial charge is 0.429 e. The molecular weight excluding hydrogens is 356 g/mol. The second-order valence-electron chi connectivity index (χ2n) is 6.47. The van der Waals surface area contributed by atoms with E-state index in [1.165, 1.54) is 24.5 Å². The summed E-state index contributed by atoms with van der Waals surface area (Å²) in [6.45, 7) is -1.13. The first-order valence-corrected chi connectivity index (χ1v) is 8.95. The summed E-state index contributed by atoms with van der Waals surface area (Å²) in [4.78, 5) is 0. The number of alkyl halides is 2. The van der Waals surface area contributed by atoms with E-state index in [0.29, 0.717) is 0 Å². The topological polar surface area (TPSA) is 9.23 Å². The van der Waals surface area contributed by atoms with Gasteiger partial charge in [0.2, 0.25) is 0 Å². The highest BCUT2D eigenvalue weighted by atomic mass is 19.3. The number of rotatable bonds is 7. The molecule has 0 atom stereocenters. The van der Waals surface area contributed by atoms with Gasteiger partial charge in [0.15, 0.2) is 17.4 Å². The molecule has 0 saturated carbocycles. The number of halogens is 4. The van der Waals surface area contributed by atoms with Crippen LogP contribution in [-0.4, -0.2) is 6.61 Å². The van der Waals surface area contributed by atoms with Crippen LogP contribution in [0.3, 0.4) is 0 Å². The monoisotopic (exact) mass is 376 g/mol. The van der Waals surface area contributed by atoms with Crippen LogP contribution in [0.15, 0.2) is 48.5 Å². The van der Waals surface area contributed by atoms with Gasteiger partial charge in [-0.25, -0.2) is 8.78 Å². The maximum atomic E-state index is 14.3. The minimum atomic E-state index is -3.29. The van der Waals surface area contributed by atoms with Gasteiger partial charge in [-0.1, -0.05) is 56.2 Å². The van der Waals surface area contributed by atoms with Crippen LogP contribution in [0.25, 0.3) is 21.9 Å². The summed E-state index contributed by atoms with van der Waals surface area (Å²) in [6.07, 6.45) is 4.54. The van der Waals surface area contributed by atoms with Gasteiger partial charge in [0, 0.05) is 5.39 Å². The molecule has 1 nitrogen and oxygen atoms in total. The fraction of sp³-hybridized carbons (Fsp3) is 0.273. The van der Waals surface area contributed by atoms with Crippen LogP contribution < -0.4 is 4.74 Å². The zero-order valence-electron chi connectivity index (χ0n) is 14.9. The maximum absolute atomic E-state index is 14.3. The Balaban J connectivity index is 1.90. The molecule has 0 bridgehead atoms. The van der Waals surface area contributed by atoms with Crippen LogP contribution in [0.5, 0.6) is 5.75 Å². The summed E-state index contributed by atoms with van der Waals surface area (Å²) < 4.78 is 57.0. The second kappa shape index (κ2) is 8.42. The van der Waals surface area contributed by atoms with Gasteiger partial charge < -0.3 is 4.74 Å². The summed E-state index contributed by atoms with van der Waals surface area (Å²) in [5.74, 6) is -3.33. The van der Waals surface area contributed by atoms with Crippen LogP contribution in [0, 0.1) is 11.6 Å². The SMILES string of the molecule is CCCCCc1ccc(-c2ccc3c(F)c(OC(F)F)c(F)cc3c2)cc1. The van der Waals surface area contributed by atoms with Gasteiger partial charge in [-0.2, -0.15) is 8.78 Å². The van der Waals surface area contributed by atoms with Crippen molar-refractivity contribution in [1.29, 1.82) is 0 Å². The highest BCUT2D eigenvalue weighted by molar-refractivity contribution is 5.89. The summed E-state index contributed by atoms with van der Waals surface area (Å²) in [7, 11) is 0. The molecule has 0 N–H and O–H groups in total. The van der Waals surface area contributed by atoms with E-state index in [9.17, 15) is 17.6 Å². The van der Waals surface area contributed by atoms with Crippen LogP contribution >= 0.6 is 0 Å². The molecule has 0 spiro atoms. The fourth-order valence-corrected chi connectivity index (χ4v) is 3.13. The normalized spacial score (nSPS) is 11.3. The number of benzene rings is 3. The van der Waals surface area contributed by atoms with E-state index >= 15 is 0 Å². The molecule has 0 aliphatic carbocycles. The molecule has 0 aliphatic rings. The van der Waals surface area contributed by atoms with Gasteiger partial charge in [0.25, 0.3) is 0 Å². The summed E-state index contributed by atoms with van der Waals surface area (Å²) in [5, 5.41) is 0.322. The Labute approximate surface area is 155 Å². The van der Waals surface area contributed by atoms with E-state index in [4.69, 9.17) is 0 Å². The number of fused-ring (bicyclic) bond motifs is 1. The van der Waals surface area contributed by atoms with E-state index in [1.807, 2.05) is 12.1 Å². The lowest BCUT2D eigenvalue weighted by molar-refractivity contribution is -0.0544. The minimum Gasteiger partial charge on any atom is -0.429 e. The van der Waals surface area contributed by atoms with Gasteiger partial charge in [-0.05, 0) is 47.1 Å². The molecule has 3 aromatic rings. The van der Waals surface area contributed by atoms with Crippen molar-refractivity contribution >= 4 is 10.8 Å². The number of hydrogen-bond acceptors (Lipinski definition) is 1. The predicted molar refractivity (Wildman–Crippen MR) is 99.2 cm³/mol. The van der Waals surface area contributed by atoms with Crippen molar-refractivity contribution in [1.82, 2.24) is 0 Å². The van der Waals surface area contributed by atoms with E-state index in [0.717, 1.165) is 30.0 Å². The summed E-state index contributed by atoms with van der Waals surface area (Å²) in [5.41, 5.74) is 2.97. The smallest absolute Gasteiger partial charge is 0.387 e. The highest BCUT2D eigenvalue weighted by Crippen LogP contribution is 2.33. The van der Waals surface area contributed by atoms with Crippen molar-refractivity contribution in [3.05, 3.63) is 65.7 Å². The van der Waals surface area contributed by atoms with Gasteiger partial charge in [-0.3, -0.25) is 0 Å². The third-order valence-electron chi connectivity index (χ3n) is 4.55. The zero-order chi connectivity index (χ0) is 19.4. The number of ether oxygens (including phenoxy) is 1. The van der Waals surface area contributed by atoms with E-state index in [1.54, 1.807) is 12.1 Å². The van der Waals surface area contributed by atoms with Gasteiger partial charge in [-0.15, -0.1) is 0 Å². The Morgan fingerprint density at radius 3 is 2.26 bits per heavy atom. The van der Waals surface area contributed by atoms with Crippen molar-refractivity contribution in [3.8, 4) is 16.9 Å². The van der Waals surface area contributed by atoms with Crippen LogP contribution in [0.4, 0.5) is 17.6 Å². The molecule has 0 heterocycles. The summed E-state index contributed by atoms with van der Waals surface area (Å²) >= 11 is 0. The third kappa shape index (κ3) is 4.41. The molecule has 0 saturated heterocycles. The molecule has 0 radical (unpaired) electrons. The number of aryl methyl sites for hydroxylation is 1. The molecule has 0 amide bonds. The average Bonchev–Trinajstić information content (AvgIpc) is 2.65. The van der Waals surface area contributed by atoms with Crippen LogP contribution in [-0.2, 0) is 6.42 Å². The minimum absolute atomic E-state index is 0.0342. The Hall–Kier alpha value is -2.56. The molecule has 0 unspecified atom stereocenters. The van der Waals surface area contributed by atoms with Crippen LogP contribution in [0.2, 0.25) is 0 Å². The lowest BCUT2D eigenvalue weighted by Gasteiger charge is -2.11. The van der Waals surface area contributed by atoms with Crippen molar-refractivity contribution < 1.29 is 22.3 Å². The Bertz CT molecular complexity index is 920. The first-order valence-electron chi connectivity index (χ1n) is 8.95. The maximum Gasteiger partial charge on any atom is 0.387 e. The third-order valence-corrected chi connectivity index (χ3v) is 4.55. The quantitative estimate of drug-likeness (QED) is 0.315. The Morgan fingerprint density at radius 2 is 1.59 bits per heavy atom. The van der Waals surface area contributed by atoms with Crippen molar-refractivity contribution in [2.75, 3.05) is 0 Å². The highest BCUT2D eigenvalue weighted by Gasteiger charge is 2.19. The Morgan fingerprint density at radius 1 is 0.889 bits per heavy atom. The van der Waals surface area contributed by atoms with Gasteiger partial charge in [0.05, 0.1) is 0 Å². The molecule has 27 heavy (non-hydrogen) atoms. The van der Waals surface area contributed by atoms with E-state index < -0.39 is 24.0 Å². The molecule has 5 heteroatoms. The van der Waals surface area contributed by atoms with Crippen LogP contribution in [0.1, 0.15) is 31.7 Å². The second-order valence-corrected chi connectivity index (χ2v) is 6.47.